The van der Waals surface area contributed by atoms with Crippen LogP contribution in [0, 0.1) is 0 Å². The molecule has 1 aromatic heterocycles. The maximum absolute atomic E-state index is 9.47. The fourth-order valence-electron chi connectivity index (χ4n) is 2.60. The van der Waals surface area contributed by atoms with Crippen LogP contribution in [0.2, 0.25) is 0 Å². The van der Waals surface area contributed by atoms with Crippen LogP contribution in [0.15, 0.2) is 18.3 Å². The topological polar surface area (TPSA) is 39.6 Å². The largest absolute Gasteiger partial charge is 0.387 e. The van der Waals surface area contributed by atoms with E-state index >= 15 is 0 Å². The first kappa shape index (κ1) is 13.3. The number of aliphatic hydroxyl groups is 1. The van der Waals surface area contributed by atoms with Gasteiger partial charge in [0.2, 0.25) is 0 Å². The molecule has 1 aliphatic rings. The maximum atomic E-state index is 9.47. The van der Waals surface area contributed by atoms with E-state index in [1.165, 1.54) is 18.5 Å². The van der Waals surface area contributed by atoms with Crippen LogP contribution in [0.3, 0.4) is 0 Å². The second-order valence-corrected chi connectivity index (χ2v) is 5.37. The third-order valence-corrected chi connectivity index (χ3v) is 3.48. The van der Waals surface area contributed by atoms with Gasteiger partial charge >= 0.3 is 0 Å². The van der Waals surface area contributed by atoms with Gasteiger partial charge in [-0.15, -0.1) is 0 Å². The Morgan fingerprint density at radius 3 is 2.83 bits per heavy atom. The molecular weight excluding hydrogens is 226 g/mol. The summed E-state index contributed by atoms with van der Waals surface area (Å²) in [5, 5.41) is 9.47. The van der Waals surface area contributed by atoms with Crippen molar-refractivity contribution < 1.29 is 5.11 Å². The van der Waals surface area contributed by atoms with Crippen LogP contribution < -0.4 is 4.90 Å². The lowest BCUT2D eigenvalue weighted by Gasteiger charge is -2.28. The summed E-state index contributed by atoms with van der Waals surface area (Å²) in [5.41, 5.74) is 1.91. The molecule has 0 saturated carbocycles. The number of anilines is 1. The number of nitrogens with zero attached hydrogens (tertiary/aromatic N) is 3. The fraction of sp³-hybridized carbons (Fsp3) is 0.643. The molecule has 0 radical (unpaired) electrons. The quantitative estimate of drug-likeness (QED) is 0.881. The van der Waals surface area contributed by atoms with E-state index in [1.54, 1.807) is 6.92 Å². The molecule has 1 aromatic rings. The molecule has 4 nitrogen and oxygen atoms in total. The van der Waals surface area contributed by atoms with E-state index in [0.29, 0.717) is 6.04 Å². The summed E-state index contributed by atoms with van der Waals surface area (Å²) in [5.74, 6) is 0. The third kappa shape index (κ3) is 3.00. The van der Waals surface area contributed by atoms with Crippen molar-refractivity contribution in [2.75, 3.05) is 32.1 Å². The summed E-state index contributed by atoms with van der Waals surface area (Å²) in [6.07, 6.45) is 3.89. The molecule has 0 bridgehead atoms. The third-order valence-electron chi connectivity index (χ3n) is 3.48. The zero-order valence-corrected chi connectivity index (χ0v) is 11.5. The van der Waals surface area contributed by atoms with Crippen molar-refractivity contribution in [1.29, 1.82) is 0 Å². The van der Waals surface area contributed by atoms with Crippen LogP contribution in [0.25, 0.3) is 0 Å². The molecule has 4 heteroatoms. The second kappa shape index (κ2) is 5.67. The Labute approximate surface area is 109 Å². The summed E-state index contributed by atoms with van der Waals surface area (Å²) in [6.45, 7) is 3.93. The Morgan fingerprint density at radius 2 is 2.28 bits per heavy atom. The molecular formula is C14H23N3O. The molecule has 1 saturated heterocycles. The van der Waals surface area contributed by atoms with Crippen LogP contribution >= 0.6 is 0 Å². The second-order valence-electron chi connectivity index (χ2n) is 5.37. The molecule has 2 rings (SSSR count). The van der Waals surface area contributed by atoms with E-state index in [-0.39, 0.29) is 0 Å². The van der Waals surface area contributed by atoms with Crippen molar-refractivity contribution in [3.8, 4) is 0 Å². The molecule has 0 spiro atoms. The summed E-state index contributed by atoms with van der Waals surface area (Å²) >= 11 is 0. The van der Waals surface area contributed by atoms with Crippen molar-refractivity contribution in [1.82, 2.24) is 9.88 Å². The zero-order chi connectivity index (χ0) is 13.1. The first-order valence-electron chi connectivity index (χ1n) is 6.63. The highest BCUT2D eigenvalue weighted by Gasteiger charge is 2.25. The first-order valence-corrected chi connectivity index (χ1v) is 6.63. The van der Waals surface area contributed by atoms with Gasteiger partial charge < -0.3 is 14.9 Å². The highest BCUT2D eigenvalue weighted by Crippen LogP contribution is 2.26. The van der Waals surface area contributed by atoms with Crippen LogP contribution in [0.1, 0.15) is 31.6 Å². The summed E-state index contributed by atoms with van der Waals surface area (Å²) < 4.78 is 0. The lowest BCUT2D eigenvalue weighted by Crippen LogP contribution is -2.37. The van der Waals surface area contributed by atoms with Crippen LogP contribution in [0.5, 0.6) is 0 Å². The number of likely N-dealkylation sites (N-methyl/N-ethyl adjacent to an activating group) is 1. The molecule has 0 aliphatic carbocycles. The Morgan fingerprint density at radius 1 is 1.50 bits per heavy atom. The molecule has 1 aliphatic heterocycles. The minimum Gasteiger partial charge on any atom is -0.387 e. The van der Waals surface area contributed by atoms with E-state index in [0.717, 1.165) is 18.8 Å². The number of aromatic nitrogens is 1. The van der Waals surface area contributed by atoms with Crippen LogP contribution in [0.4, 0.5) is 5.69 Å². The van der Waals surface area contributed by atoms with Crippen molar-refractivity contribution >= 4 is 5.69 Å². The molecule has 2 heterocycles. The van der Waals surface area contributed by atoms with Gasteiger partial charge in [0.25, 0.3) is 0 Å². The minimum absolute atomic E-state index is 0.491. The number of hydrogen-bond donors (Lipinski definition) is 1. The number of aliphatic hydroxyl groups excluding tert-OH is 1. The Balaban J connectivity index is 2.10. The van der Waals surface area contributed by atoms with Gasteiger partial charge in [-0.3, -0.25) is 4.98 Å². The van der Waals surface area contributed by atoms with Crippen molar-refractivity contribution in [3.63, 3.8) is 0 Å². The van der Waals surface area contributed by atoms with Crippen LogP contribution in [-0.4, -0.2) is 48.2 Å². The normalized spacial score (nSPS) is 21.6. The number of rotatable bonds is 4. The molecule has 100 valence electrons. The predicted molar refractivity (Wildman–Crippen MR) is 73.8 cm³/mol. The average Bonchev–Trinajstić information content (AvgIpc) is 2.76. The van der Waals surface area contributed by atoms with E-state index < -0.39 is 6.10 Å². The molecule has 0 aromatic carbocycles. The smallest absolute Gasteiger partial charge is 0.0931 e. The molecule has 2 atom stereocenters. The van der Waals surface area contributed by atoms with Crippen molar-refractivity contribution in [2.24, 2.45) is 0 Å². The van der Waals surface area contributed by atoms with Gasteiger partial charge in [0.15, 0.2) is 0 Å². The van der Waals surface area contributed by atoms with Crippen molar-refractivity contribution in [3.05, 3.63) is 24.0 Å². The molecule has 1 N–H and O–H groups in total. The molecule has 1 fully saturated rings. The fourth-order valence-corrected chi connectivity index (χ4v) is 2.60. The van der Waals surface area contributed by atoms with Crippen molar-refractivity contribution in [2.45, 2.75) is 31.9 Å². The maximum Gasteiger partial charge on any atom is 0.0931 e. The zero-order valence-electron chi connectivity index (χ0n) is 11.5. The monoisotopic (exact) mass is 249 g/mol. The molecule has 1 unspecified atom stereocenters. The van der Waals surface area contributed by atoms with E-state index in [9.17, 15) is 5.11 Å². The van der Waals surface area contributed by atoms with Gasteiger partial charge in [-0.25, -0.2) is 0 Å². The summed E-state index contributed by atoms with van der Waals surface area (Å²) in [6, 6.07) is 4.58. The minimum atomic E-state index is -0.491. The number of pyridine rings is 1. The van der Waals surface area contributed by atoms with Gasteiger partial charge in [0.1, 0.15) is 0 Å². The van der Waals surface area contributed by atoms with Crippen LogP contribution in [-0.2, 0) is 0 Å². The van der Waals surface area contributed by atoms with Gasteiger partial charge in [-0.05, 0) is 46.0 Å². The molecule has 0 amide bonds. The Kier molecular flexibility index (Phi) is 4.19. The lowest BCUT2D eigenvalue weighted by molar-refractivity contribution is 0.194. The number of hydrogen-bond acceptors (Lipinski definition) is 4. The van der Waals surface area contributed by atoms with E-state index in [2.05, 4.69) is 34.9 Å². The highest BCUT2D eigenvalue weighted by molar-refractivity contribution is 5.47. The predicted octanol–water partition coefficient (Wildman–Crippen LogP) is 1.67. The van der Waals surface area contributed by atoms with Gasteiger partial charge in [-0.1, -0.05) is 0 Å². The Hall–Kier alpha value is -1.13. The average molecular weight is 249 g/mol. The molecule has 18 heavy (non-hydrogen) atoms. The SMILES string of the molecule is C[C@@H](O)c1ccc(N2CCCC2CN(C)C)cn1. The van der Waals surface area contributed by atoms with Gasteiger partial charge in [0.05, 0.1) is 23.7 Å². The Bertz CT molecular complexity index is 375. The lowest BCUT2D eigenvalue weighted by atomic mass is 10.2. The highest BCUT2D eigenvalue weighted by atomic mass is 16.3. The van der Waals surface area contributed by atoms with E-state index in [4.69, 9.17) is 0 Å². The van der Waals surface area contributed by atoms with Gasteiger partial charge in [0, 0.05) is 19.1 Å². The first-order chi connectivity index (χ1) is 8.58. The van der Waals surface area contributed by atoms with E-state index in [1.807, 2.05) is 12.3 Å². The standard InChI is InChI=1S/C14H23N3O/c1-11(18)14-7-6-12(9-15-14)17-8-4-5-13(17)10-16(2)3/h6-7,9,11,13,18H,4-5,8,10H2,1-3H3/t11-,13?/m1/s1. The summed E-state index contributed by atoms with van der Waals surface area (Å²) in [4.78, 5) is 9.00. The van der Waals surface area contributed by atoms with Gasteiger partial charge in [-0.2, -0.15) is 0 Å². The summed E-state index contributed by atoms with van der Waals surface area (Å²) in [7, 11) is 4.23.